The lowest BCUT2D eigenvalue weighted by atomic mass is 9.95. The van der Waals surface area contributed by atoms with Crippen molar-refractivity contribution in [2.45, 2.75) is 25.3 Å². The number of piperidine rings is 1. The molecule has 29 heavy (non-hydrogen) atoms. The number of likely N-dealkylation sites (tertiary alicyclic amines) is 1. The summed E-state index contributed by atoms with van der Waals surface area (Å²) in [6, 6.07) is 18.4. The molecule has 1 amide bonds. The predicted molar refractivity (Wildman–Crippen MR) is 114 cm³/mol. The molecule has 1 N–H and O–H groups in total. The lowest BCUT2D eigenvalue weighted by Crippen LogP contribution is -2.38. The summed E-state index contributed by atoms with van der Waals surface area (Å²) < 4.78 is 2.25. The molecule has 0 atom stereocenters. The highest BCUT2D eigenvalue weighted by Crippen LogP contribution is 2.28. The number of H-pyrrole nitrogens is 1. The van der Waals surface area contributed by atoms with Crippen molar-refractivity contribution in [1.29, 1.82) is 0 Å². The molecule has 2 aromatic heterocycles. The summed E-state index contributed by atoms with van der Waals surface area (Å²) in [5.41, 5.74) is 3.04. The number of nitrogens with one attached hydrogen (secondary N) is 1. The number of rotatable bonds is 4. The fraction of sp³-hybridized carbons (Fsp3) is 0.250. The number of amides is 1. The average Bonchev–Trinajstić information content (AvgIpc) is 3.43. The van der Waals surface area contributed by atoms with Gasteiger partial charge in [-0.05, 0) is 42.0 Å². The van der Waals surface area contributed by atoms with Gasteiger partial charge in [-0.3, -0.25) is 4.79 Å². The minimum Gasteiger partial charge on any atom is -0.361 e. The molecule has 1 aliphatic rings. The van der Waals surface area contributed by atoms with Crippen molar-refractivity contribution in [3.05, 3.63) is 90.1 Å². The second-order valence-electron chi connectivity index (χ2n) is 7.75. The Labute approximate surface area is 170 Å². The Hall–Kier alpha value is -3.34. The van der Waals surface area contributed by atoms with Gasteiger partial charge in [0.2, 0.25) is 0 Å². The van der Waals surface area contributed by atoms with Crippen LogP contribution in [0.2, 0.25) is 0 Å². The minimum atomic E-state index is 0.118. The molecule has 0 bridgehead atoms. The first-order chi connectivity index (χ1) is 14.3. The van der Waals surface area contributed by atoms with E-state index in [0.29, 0.717) is 5.92 Å². The number of aromatic nitrogens is 3. The van der Waals surface area contributed by atoms with Crippen LogP contribution in [-0.2, 0) is 6.54 Å². The molecule has 5 rings (SSSR count). The highest BCUT2D eigenvalue weighted by Gasteiger charge is 2.27. The zero-order valence-corrected chi connectivity index (χ0v) is 16.3. The summed E-state index contributed by atoms with van der Waals surface area (Å²) in [5, 5.41) is 1.13. The zero-order chi connectivity index (χ0) is 19.6. The molecule has 5 heteroatoms. The first-order valence-electron chi connectivity index (χ1n) is 10.2. The molecule has 3 heterocycles. The van der Waals surface area contributed by atoms with Crippen molar-refractivity contribution < 1.29 is 4.79 Å². The van der Waals surface area contributed by atoms with Crippen LogP contribution in [-0.4, -0.2) is 38.4 Å². The molecule has 146 valence electrons. The molecule has 2 aromatic carbocycles. The third-order valence-corrected chi connectivity index (χ3v) is 5.89. The van der Waals surface area contributed by atoms with Gasteiger partial charge in [0.15, 0.2) is 0 Å². The van der Waals surface area contributed by atoms with Gasteiger partial charge in [0, 0.05) is 55.2 Å². The van der Waals surface area contributed by atoms with Gasteiger partial charge in [-0.15, -0.1) is 0 Å². The largest absolute Gasteiger partial charge is 0.361 e. The number of hydrogen-bond acceptors (Lipinski definition) is 2. The summed E-state index contributed by atoms with van der Waals surface area (Å²) in [6.07, 6.45) is 7.75. The maximum Gasteiger partial charge on any atom is 0.253 e. The Morgan fingerprint density at radius 1 is 1.07 bits per heavy atom. The van der Waals surface area contributed by atoms with Crippen LogP contribution in [0.4, 0.5) is 0 Å². The molecular formula is C24H24N4O. The maximum absolute atomic E-state index is 13.0. The monoisotopic (exact) mass is 384 g/mol. The average molecular weight is 384 g/mol. The third-order valence-electron chi connectivity index (χ3n) is 5.89. The topological polar surface area (TPSA) is 53.9 Å². The van der Waals surface area contributed by atoms with Gasteiger partial charge < -0.3 is 14.5 Å². The zero-order valence-electron chi connectivity index (χ0n) is 16.3. The smallest absolute Gasteiger partial charge is 0.253 e. The highest BCUT2D eigenvalue weighted by atomic mass is 16.2. The summed E-state index contributed by atoms with van der Waals surface area (Å²) >= 11 is 0. The molecule has 0 radical (unpaired) electrons. The highest BCUT2D eigenvalue weighted by molar-refractivity contribution is 5.98. The van der Waals surface area contributed by atoms with Crippen LogP contribution < -0.4 is 0 Å². The number of benzene rings is 2. The van der Waals surface area contributed by atoms with Gasteiger partial charge in [0.05, 0.1) is 0 Å². The summed E-state index contributed by atoms with van der Waals surface area (Å²) in [4.78, 5) is 22.8. The van der Waals surface area contributed by atoms with Crippen molar-refractivity contribution in [1.82, 2.24) is 19.4 Å². The second kappa shape index (κ2) is 7.59. The van der Waals surface area contributed by atoms with Crippen LogP contribution in [0.15, 0.2) is 73.2 Å². The Balaban J connectivity index is 1.26. The number of carbonyl (C=O) groups excluding carboxylic acids is 1. The van der Waals surface area contributed by atoms with Gasteiger partial charge in [-0.1, -0.05) is 36.4 Å². The molecule has 1 saturated heterocycles. The lowest BCUT2D eigenvalue weighted by molar-refractivity contribution is 0.0710. The van der Waals surface area contributed by atoms with Crippen molar-refractivity contribution in [2.75, 3.05) is 13.1 Å². The fourth-order valence-corrected chi connectivity index (χ4v) is 4.30. The minimum absolute atomic E-state index is 0.118. The molecule has 0 saturated carbocycles. The normalized spacial score (nSPS) is 15.1. The summed E-state index contributed by atoms with van der Waals surface area (Å²) in [5.74, 6) is 1.64. The molecule has 5 nitrogen and oxygen atoms in total. The van der Waals surface area contributed by atoms with E-state index in [4.69, 9.17) is 0 Å². The van der Waals surface area contributed by atoms with E-state index in [0.717, 1.165) is 54.8 Å². The van der Waals surface area contributed by atoms with Gasteiger partial charge in [-0.25, -0.2) is 4.98 Å². The summed E-state index contributed by atoms with van der Waals surface area (Å²) in [6.45, 7) is 2.38. The SMILES string of the molecule is O=C(c1ccc2cc[nH]c2c1)N1CCC(c2nccn2Cc2ccccc2)CC1. The van der Waals surface area contributed by atoms with E-state index < -0.39 is 0 Å². The van der Waals surface area contributed by atoms with Crippen molar-refractivity contribution in [3.8, 4) is 0 Å². The Kier molecular flexibility index (Phi) is 4.64. The Morgan fingerprint density at radius 3 is 2.72 bits per heavy atom. The van der Waals surface area contributed by atoms with Crippen molar-refractivity contribution in [2.24, 2.45) is 0 Å². The molecule has 1 fully saturated rings. The molecule has 0 aliphatic carbocycles. The van der Waals surface area contributed by atoms with Crippen molar-refractivity contribution in [3.63, 3.8) is 0 Å². The van der Waals surface area contributed by atoms with Crippen LogP contribution in [0.3, 0.4) is 0 Å². The number of aromatic amines is 1. The predicted octanol–water partition coefficient (Wildman–Crippen LogP) is 4.43. The molecule has 0 unspecified atom stereocenters. The van der Waals surface area contributed by atoms with E-state index in [9.17, 15) is 4.79 Å². The van der Waals surface area contributed by atoms with Crippen LogP contribution in [0.1, 0.15) is 40.5 Å². The van der Waals surface area contributed by atoms with Crippen LogP contribution >= 0.6 is 0 Å². The van der Waals surface area contributed by atoms with Crippen molar-refractivity contribution >= 4 is 16.8 Å². The number of imidazole rings is 1. The van der Waals surface area contributed by atoms with E-state index >= 15 is 0 Å². The first-order valence-corrected chi connectivity index (χ1v) is 10.2. The third kappa shape index (κ3) is 3.56. The molecule has 4 aromatic rings. The van der Waals surface area contributed by atoms with E-state index in [-0.39, 0.29) is 5.91 Å². The maximum atomic E-state index is 13.0. The van der Waals surface area contributed by atoms with E-state index in [1.165, 1.54) is 5.56 Å². The first kappa shape index (κ1) is 17.7. The van der Waals surface area contributed by atoms with E-state index in [1.807, 2.05) is 47.6 Å². The van der Waals surface area contributed by atoms with E-state index in [1.54, 1.807) is 0 Å². The fourth-order valence-electron chi connectivity index (χ4n) is 4.30. The number of fused-ring (bicyclic) bond motifs is 1. The van der Waals surface area contributed by atoms with Crippen LogP contribution in [0.25, 0.3) is 10.9 Å². The van der Waals surface area contributed by atoms with Gasteiger partial charge in [0.25, 0.3) is 5.91 Å². The van der Waals surface area contributed by atoms with E-state index in [2.05, 4.69) is 45.0 Å². The lowest BCUT2D eigenvalue weighted by Gasteiger charge is -2.32. The number of carbonyl (C=O) groups is 1. The van der Waals surface area contributed by atoms with Gasteiger partial charge in [-0.2, -0.15) is 0 Å². The number of nitrogens with zero attached hydrogens (tertiary/aromatic N) is 3. The Morgan fingerprint density at radius 2 is 1.90 bits per heavy atom. The molecule has 1 aliphatic heterocycles. The van der Waals surface area contributed by atoms with Gasteiger partial charge in [0.1, 0.15) is 5.82 Å². The second-order valence-corrected chi connectivity index (χ2v) is 7.75. The Bertz CT molecular complexity index is 1120. The summed E-state index contributed by atoms with van der Waals surface area (Å²) in [7, 11) is 0. The van der Waals surface area contributed by atoms with Crippen LogP contribution in [0, 0.1) is 0 Å². The molecular weight excluding hydrogens is 360 g/mol. The standard InChI is InChI=1S/C24H24N4O/c29-24(21-7-6-19-8-11-25-22(19)16-21)27-13-9-20(10-14-27)23-26-12-15-28(23)17-18-4-2-1-3-5-18/h1-8,11-12,15-16,20,25H,9-10,13-14,17H2. The van der Waals surface area contributed by atoms with Gasteiger partial charge >= 0.3 is 0 Å². The number of hydrogen-bond donors (Lipinski definition) is 1. The van der Waals surface area contributed by atoms with Crippen LogP contribution in [0.5, 0.6) is 0 Å². The molecule has 0 spiro atoms. The quantitative estimate of drug-likeness (QED) is 0.566.